The van der Waals surface area contributed by atoms with E-state index in [9.17, 15) is 4.79 Å². The first kappa shape index (κ1) is 18.5. The molecule has 1 fully saturated rings. The number of likely N-dealkylation sites (N-methyl/N-ethyl adjacent to an activating group) is 1. The molecule has 6 nitrogen and oxygen atoms in total. The lowest BCUT2D eigenvalue weighted by Crippen LogP contribution is -2.52. The van der Waals surface area contributed by atoms with Crippen LogP contribution in [-0.2, 0) is 4.74 Å². The standard InChI is InChI=1S/C18H28N2O4/c1-5-23-16-8-7-14(11-17(16)24-6-2)18(21)20-9-10-22-13-15(20)12-19(3)4/h7-8,11,15H,5-6,9-10,12-13H2,1-4H3/t15-/m0/s1. The molecule has 0 aromatic heterocycles. The summed E-state index contributed by atoms with van der Waals surface area (Å²) in [6.07, 6.45) is 0. The van der Waals surface area contributed by atoms with Gasteiger partial charge in [-0.3, -0.25) is 4.79 Å². The van der Waals surface area contributed by atoms with Crippen molar-refractivity contribution in [1.82, 2.24) is 9.80 Å². The molecule has 0 bridgehead atoms. The number of benzene rings is 1. The highest BCUT2D eigenvalue weighted by molar-refractivity contribution is 5.95. The van der Waals surface area contributed by atoms with Gasteiger partial charge in [0.2, 0.25) is 0 Å². The van der Waals surface area contributed by atoms with Crippen molar-refractivity contribution in [2.45, 2.75) is 19.9 Å². The summed E-state index contributed by atoms with van der Waals surface area (Å²) in [6.45, 7) is 7.45. The molecule has 1 aromatic carbocycles. The van der Waals surface area contributed by atoms with Crippen LogP contribution >= 0.6 is 0 Å². The highest BCUT2D eigenvalue weighted by Crippen LogP contribution is 2.29. The summed E-state index contributed by atoms with van der Waals surface area (Å²) >= 11 is 0. The maximum atomic E-state index is 13.0. The maximum absolute atomic E-state index is 13.0. The van der Waals surface area contributed by atoms with Crippen LogP contribution in [0.5, 0.6) is 11.5 Å². The van der Waals surface area contributed by atoms with Gasteiger partial charge in [0.15, 0.2) is 11.5 Å². The Bertz CT molecular complexity index is 548. The second kappa shape index (κ2) is 8.89. The van der Waals surface area contributed by atoms with Crippen LogP contribution in [0.3, 0.4) is 0 Å². The molecule has 134 valence electrons. The second-order valence-electron chi connectivity index (χ2n) is 6.02. The molecule has 0 saturated carbocycles. The first-order chi connectivity index (χ1) is 11.6. The summed E-state index contributed by atoms with van der Waals surface area (Å²) in [6, 6.07) is 5.45. The number of amides is 1. The molecular formula is C18H28N2O4. The molecule has 6 heteroatoms. The van der Waals surface area contributed by atoms with Crippen LogP contribution in [0.15, 0.2) is 18.2 Å². The molecule has 1 aliphatic heterocycles. The van der Waals surface area contributed by atoms with Crippen molar-refractivity contribution in [3.63, 3.8) is 0 Å². The fraction of sp³-hybridized carbons (Fsp3) is 0.611. The van der Waals surface area contributed by atoms with Gasteiger partial charge in [0, 0.05) is 18.7 Å². The van der Waals surface area contributed by atoms with Gasteiger partial charge in [0.1, 0.15) is 0 Å². The fourth-order valence-corrected chi connectivity index (χ4v) is 2.84. The number of hydrogen-bond donors (Lipinski definition) is 0. The summed E-state index contributed by atoms with van der Waals surface area (Å²) < 4.78 is 16.7. The minimum absolute atomic E-state index is 0.00847. The largest absolute Gasteiger partial charge is 0.490 e. The number of carbonyl (C=O) groups excluding carboxylic acids is 1. The van der Waals surface area contributed by atoms with Gasteiger partial charge in [-0.15, -0.1) is 0 Å². The number of morpholine rings is 1. The van der Waals surface area contributed by atoms with E-state index in [2.05, 4.69) is 4.90 Å². The number of carbonyl (C=O) groups is 1. The third-order valence-corrected chi connectivity index (χ3v) is 3.85. The third kappa shape index (κ3) is 4.61. The topological polar surface area (TPSA) is 51.2 Å². The molecule has 1 atom stereocenters. The molecule has 2 rings (SSSR count). The number of hydrogen-bond acceptors (Lipinski definition) is 5. The van der Waals surface area contributed by atoms with Gasteiger partial charge < -0.3 is 24.0 Å². The van der Waals surface area contributed by atoms with Crippen molar-refractivity contribution in [1.29, 1.82) is 0 Å². The van der Waals surface area contributed by atoms with Crippen molar-refractivity contribution in [3.05, 3.63) is 23.8 Å². The zero-order valence-electron chi connectivity index (χ0n) is 15.1. The van der Waals surface area contributed by atoms with Crippen LogP contribution < -0.4 is 9.47 Å². The average Bonchev–Trinajstić information content (AvgIpc) is 2.56. The van der Waals surface area contributed by atoms with Crippen molar-refractivity contribution >= 4 is 5.91 Å². The van der Waals surface area contributed by atoms with Crippen LogP contribution in [0.1, 0.15) is 24.2 Å². The minimum Gasteiger partial charge on any atom is -0.490 e. The van der Waals surface area contributed by atoms with E-state index in [-0.39, 0.29) is 11.9 Å². The third-order valence-electron chi connectivity index (χ3n) is 3.85. The molecule has 0 spiro atoms. The molecule has 0 aliphatic carbocycles. The highest BCUT2D eigenvalue weighted by Gasteiger charge is 2.29. The van der Waals surface area contributed by atoms with E-state index in [1.165, 1.54) is 0 Å². The van der Waals surface area contributed by atoms with Crippen LogP contribution in [0, 0.1) is 0 Å². The fourth-order valence-electron chi connectivity index (χ4n) is 2.84. The van der Waals surface area contributed by atoms with E-state index >= 15 is 0 Å². The van der Waals surface area contributed by atoms with Crippen molar-refractivity contribution in [3.8, 4) is 11.5 Å². The van der Waals surface area contributed by atoms with Gasteiger partial charge in [-0.2, -0.15) is 0 Å². The molecule has 24 heavy (non-hydrogen) atoms. The Hall–Kier alpha value is -1.79. The summed E-state index contributed by atoms with van der Waals surface area (Å²) in [7, 11) is 4.00. The Kier molecular flexibility index (Phi) is 6.87. The lowest BCUT2D eigenvalue weighted by atomic mass is 10.1. The minimum atomic E-state index is 0.00847. The Morgan fingerprint density at radius 3 is 2.62 bits per heavy atom. The van der Waals surface area contributed by atoms with Crippen LogP contribution in [-0.4, -0.2) is 75.4 Å². The molecule has 0 unspecified atom stereocenters. The van der Waals surface area contributed by atoms with Crippen molar-refractivity contribution in [2.24, 2.45) is 0 Å². The Morgan fingerprint density at radius 2 is 1.96 bits per heavy atom. The predicted octanol–water partition coefficient (Wildman–Crippen LogP) is 1.89. The average molecular weight is 336 g/mol. The predicted molar refractivity (Wildman–Crippen MR) is 93.0 cm³/mol. The molecule has 1 heterocycles. The number of nitrogens with zero attached hydrogens (tertiary/aromatic N) is 2. The Morgan fingerprint density at radius 1 is 1.25 bits per heavy atom. The Labute approximate surface area is 144 Å². The normalized spacial score (nSPS) is 17.9. The van der Waals surface area contributed by atoms with E-state index < -0.39 is 0 Å². The summed E-state index contributed by atoms with van der Waals surface area (Å²) in [5, 5.41) is 0. The van der Waals surface area contributed by atoms with Crippen LogP contribution in [0.4, 0.5) is 0 Å². The first-order valence-corrected chi connectivity index (χ1v) is 8.49. The lowest BCUT2D eigenvalue weighted by molar-refractivity contribution is -0.00832. The second-order valence-corrected chi connectivity index (χ2v) is 6.02. The Balaban J connectivity index is 2.22. The number of rotatable bonds is 7. The quantitative estimate of drug-likeness (QED) is 0.761. The van der Waals surface area contributed by atoms with E-state index in [0.717, 1.165) is 6.54 Å². The summed E-state index contributed by atoms with van der Waals surface area (Å²) in [5.74, 6) is 1.29. The van der Waals surface area contributed by atoms with Crippen LogP contribution in [0.2, 0.25) is 0 Å². The molecule has 1 saturated heterocycles. The summed E-state index contributed by atoms with van der Waals surface area (Å²) in [4.78, 5) is 16.9. The van der Waals surface area contributed by atoms with Gasteiger partial charge in [-0.1, -0.05) is 0 Å². The van der Waals surface area contributed by atoms with E-state index in [0.29, 0.717) is 50.0 Å². The maximum Gasteiger partial charge on any atom is 0.254 e. The molecule has 1 aromatic rings. The van der Waals surface area contributed by atoms with Gasteiger partial charge in [-0.25, -0.2) is 0 Å². The van der Waals surface area contributed by atoms with Gasteiger partial charge in [0.25, 0.3) is 5.91 Å². The van der Waals surface area contributed by atoms with Crippen molar-refractivity contribution < 1.29 is 19.0 Å². The first-order valence-electron chi connectivity index (χ1n) is 8.49. The van der Waals surface area contributed by atoms with E-state index in [1.807, 2.05) is 38.9 Å². The number of ether oxygens (including phenoxy) is 3. The van der Waals surface area contributed by atoms with Crippen molar-refractivity contribution in [2.75, 3.05) is 53.6 Å². The summed E-state index contributed by atoms with van der Waals surface area (Å²) in [5.41, 5.74) is 0.618. The smallest absolute Gasteiger partial charge is 0.254 e. The van der Waals surface area contributed by atoms with Gasteiger partial charge in [0.05, 0.1) is 32.5 Å². The molecule has 1 amide bonds. The molecular weight excluding hydrogens is 308 g/mol. The van der Waals surface area contributed by atoms with E-state index in [4.69, 9.17) is 14.2 Å². The van der Waals surface area contributed by atoms with Gasteiger partial charge >= 0.3 is 0 Å². The van der Waals surface area contributed by atoms with Gasteiger partial charge in [-0.05, 0) is 46.1 Å². The highest BCUT2D eigenvalue weighted by atomic mass is 16.5. The van der Waals surface area contributed by atoms with Crippen LogP contribution in [0.25, 0.3) is 0 Å². The molecule has 0 radical (unpaired) electrons. The van der Waals surface area contributed by atoms with E-state index in [1.54, 1.807) is 12.1 Å². The SMILES string of the molecule is CCOc1ccc(C(=O)N2CCOC[C@@H]2CN(C)C)cc1OCC. The zero-order valence-corrected chi connectivity index (χ0v) is 15.1. The molecule has 1 aliphatic rings. The monoisotopic (exact) mass is 336 g/mol. The lowest BCUT2D eigenvalue weighted by Gasteiger charge is -2.37. The zero-order chi connectivity index (χ0) is 17.5. The molecule has 0 N–H and O–H groups in total.